The highest BCUT2D eigenvalue weighted by atomic mass is 127. The van der Waals surface area contributed by atoms with Crippen LogP contribution < -0.4 is 10.6 Å². The van der Waals surface area contributed by atoms with Crippen LogP contribution in [0.2, 0.25) is 0 Å². The first kappa shape index (κ1) is 17.6. The van der Waals surface area contributed by atoms with Crippen LogP contribution in [0.15, 0.2) is 27.8 Å². The number of furan rings is 1. The van der Waals surface area contributed by atoms with Crippen molar-refractivity contribution in [3.63, 3.8) is 0 Å². The van der Waals surface area contributed by atoms with E-state index < -0.39 is 0 Å². The molecule has 2 atom stereocenters. The van der Waals surface area contributed by atoms with Gasteiger partial charge >= 0.3 is 0 Å². The molecule has 0 bridgehead atoms. The maximum absolute atomic E-state index is 5.34. The van der Waals surface area contributed by atoms with Crippen LogP contribution >= 0.6 is 24.0 Å². The Bertz CT molecular complexity index is 454. The van der Waals surface area contributed by atoms with E-state index in [0.717, 1.165) is 36.5 Å². The molecule has 1 heterocycles. The number of hydrogen-bond acceptors (Lipinski definition) is 2. The van der Waals surface area contributed by atoms with Crippen LogP contribution in [0.25, 0.3) is 0 Å². The second-order valence-electron chi connectivity index (χ2n) is 6.38. The van der Waals surface area contributed by atoms with Crippen LogP contribution in [-0.4, -0.2) is 25.6 Å². The normalized spacial score (nSPS) is 25.4. The lowest BCUT2D eigenvalue weighted by molar-refractivity contribution is 0.315. The SMILES string of the molecule is CN=C(NCCc1ccco1)NC1CC1C1CCCCC1.I. The number of guanidine groups is 1. The molecule has 0 saturated heterocycles. The average molecular weight is 417 g/mol. The second kappa shape index (κ2) is 8.79. The third kappa shape index (κ3) is 4.89. The molecule has 2 N–H and O–H groups in total. The van der Waals surface area contributed by atoms with Crippen molar-refractivity contribution in [2.24, 2.45) is 16.8 Å². The summed E-state index contributed by atoms with van der Waals surface area (Å²) in [6.07, 6.45) is 11.1. The summed E-state index contributed by atoms with van der Waals surface area (Å²) in [6.45, 7) is 0.855. The maximum atomic E-state index is 5.34. The summed E-state index contributed by atoms with van der Waals surface area (Å²) in [5, 5.41) is 6.96. The van der Waals surface area contributed by atoms with E-state index in [1.54, 1.807) is 6.26 Å². The molecule has 2 unspecified atom stereocenters. The van der Waals surface area contributed by atoms with Crippen molar-refractivity contribution in [1.82, 2.24) is 10.6 Å². The van der Waals surface area contributed by atoms with E-state index in [1.165, 1.54) is 38.5 Å². The fourth-order valence-electron chi connectivity index (χ4n) is 3.59. The first-order valence-corrected chi connectivity index (χ1v) is 8.36. The zero-order valence-electron chi connectivity index (χ0n) is 13.4. The smallest absolute Gasteiger partial charge is 0.191 e. The second-order valence-corrected chi connectivity index (χ2v) is 6.38. The molecular formula is C17H28IN3O. The van der Waals surface area contributed by atoms with Crippen LogP contribution in [0, 0.1) is 11.8 Å². The molecule has 0 aliphatic heterocycles. The minimum Gasteiger partial charge on any atom is -0.469 e. The molecule has 0 radical (unpaired) electrons. The number of aliphatic imine (C=N–C) groups is 1. The predicted molar refractivity (Wildman–Crippen MR) is 101 cm³/mol. The number of nitrogens with one attached hydrogen (secondary N) is 2. The lowest BCUT2D eigenvalue weighted by Gasteiger charge is -2.22. The topological polar surface area (TPSA) is 49.6 Å². The van der Waals surface area contributed by atoms with Gasteiger partial charge in [0, 0.05) is 26.1 Å². The largest absolute Gasteiger partial charge is 0.469 e. The number of halogens is 1. The van der Waals surface area contributed by atoms with E-state index >= 15 is 0 Å². The molecule has 2 saturated carbocycles. The van der Waals surface area contributed by atoms with E-state index in [4.69, 9.17) is 4.42 Å². The molecule has 2 aliphatic rings. The molecule has 124 valence electrons. The number of rotatable bonds is 5. The first-order valence-electron chi connectivity index (χ1n) is 8.36. The van der Waals surface area contributed by atoms with Crippen molar-refractivity contribution in [3.8, 4) is 0 Å². The lowest BCUT2D eigenvalue weighted by Crippen LogP contribution is -2.40. The lowest BCUT2D eigenvalue weighted by atomic mass is 9.85. The third-order valence-electron chi connectivity index (χ3n) is 4.88. The van der Waals surface area contributed by atoms with Gasteiger partial charge in [-0.3, -0.25) is 4.99 Å². The standard InChI is InChI=1S/C17H27N3O.HI/c1-18-17(19-10-9-14-8-5-11-21-14)20-16-12-15(16)13-6-3-2-4-7-13;/h5,8,11,13,15-16H,2-4,6-7,9-10,12H2,1H3,(H2,18,19,20);1H. The molecule has 22 heavy (non-hydrogen) atoms. The third-order valence-corrected chi connectivity index (χ3v) is 4.88. The van der Waals surface area contributed by atoms with Gasteiger partial charge < -0.3 is 15.1 Å². The summed E-state index contributed by atoms with van der Waals surface area (Å²) >= 11 is 0. The zero-order valence-corrected chi connectivity index (χ0v) is 15.7. The summed E-state index contributed by atoms with van der Waals surface area (Å²) in [5.41, 5.74) is 0. The van der Waals surface area contributed by atoms with Crippen LogP contribution in [0.4, 0.5) is 0 Å². The van der Waals surface area contributed by atoms with Gasteiger partial charge in [-0.15, -0.1) is 24.0 Å². The summed E-state index contributed by atoms with van der Waals surface area (Å²) in [7, 11) is 1.85. The van der Waals surface area contributed by atoms with Gasteiger partial charge in [-0.2, -0.15) is 0 Å². The molecule has 1 aromatic rings. The molecule has 3 rings (SSSR count). The van der Waals surface area contributed by atoms with Gasteiger partial charge in [0.25, 0.3) is 0 Å². The Morgan fingerprint density at radius 3 is 2.82 bits per heavy atom. The van der Waals surface area contributed by atoms with Crippen molar-refractivity contribution in [2.45, 2.75) is 51.0 Å². The number of nitrogens with zero attached hydrogens (tertiary/aromatic N) is 1. The summed E-state index contributed by atoms with van der Waals surface area (Å²) in [5.74, 6) is 3.79. The Kier molecular flexibility index (Phi) is 7.05. The van der Waals surface area contributed by atoms with Gasteiger partial charge in [-0.05, 0) is 30.4 Å². The van der Waals surface area contributed by atoms with Crippen LogP contribution in [0.3, 0.4) is 0 Å². The van der Waals surface area contributed by atoms with Crippen LogP contribution in [0.5, 0.6) is 0 Å². The van der Waals surface area contributed by atoms with E-state index in [-0.39, 0.29) is 24.0 Å². The molecule has 4 nitrogen and oxygen atoms in total. The average Bonchev–Trinajstić information content (AvgIpc) is 3.10. The molecular weight excluding hydrogens is 389 g/mol. The molecule has 2 aliphatic carbocycles. The maximum Gasteiger partial charge on any atom is 0.191 e. The number of hydrogen-bond donors (Lipinski definition) is 2. The van der Waals surface area contributed by atoms with Gasteiger partial charge in [0.05, 0.1) is 6.26 Å². The Morgan fingerprint density at radius 2 is 2.14 bits per heavy atom. The van der Waals surface area contributed by atoms with E-state index in [1.807, 2.05) is 19.2 Å². The summed E-state index contributed by atoms with van der Waals surface area (Å²) in [4.78, 5) is 4.33. The van der Waals surface area contributed by atoms with E-state index in [0.29, 0.717) is 6.04 Å². The fourth-order valence-corrected chi connectivity index (χ4v) is 3.59. The van der Waals surface area contributed by atoms with E-state index in [2.05, 4.69) is 15.6 Å². The van der Waals surface area contributed by atoms with Gasteiger partial charge in [0.15, 0.2) is 5.96 Å². The van der Waals surface area contributed by atoms with Crippen molar-refractivity contribution in [2.75, 3.05) is 13.6 Å². The van der Waals surface area contributed by atoms with Crippen molar-refractivity contribution >= 4 is 29.9 Å². The quantitative estimate of drug-likeness (QED) is 0.438. The molecule has 0 aromatic carbocycles. The molecule has 1 aromatic heterocycles. The van der Waals surface area contributed by atoms with Crippen molar-refractivity contribution in [3.05, 3.63) is 24.2 Å². The fraction of sp³-hybridized carbons (Fsp3) is 0.706. The monoisotopic (exact) mass is 417 g/mol. The van der Waals surface area contributed by atoms with Gasteiger partial charge in [0.2, 0.25) is 0 Å². The highest BCUT2D eigenvalue weighted by Gasteiger charge is 2.43. The minimum atomic E-state index is 0. The minimum absolute atomic E-state index is 0. The summed E-state index contributed by atoms with van der Waals surface area (Å²) in [6, 6.07) is 4.59. The summed E-state index contributed by atoms with van der Waals surface area (Å²) < 4.78 is 5.34. The zero-order chi connectivity index (χ0) is 14.5. The van der Waals surface area contributed by atoms with Crippen LogP contribution in [-0.2, 0) is 6.42 Å². The van der Waals surface area contributed by atoms with Crippen molar-refractivity contribution in [1.29, 1.82) is 0 Å². The molecule has 5 heteroatoms. The Hall–Kier alpha value is -0.720. The Labute approximate surface area is 150 Å². The molecule has 2 fully saturated rings. The Morgan fingerprint density at radius 1 is 1.32 bits per heavy atom. The molecule has 0 amide bonds. The Balaban J connectivity index is 0.00000176. The van der Waals surface area contributed by atoms with E-state index in [9.17, 15) is 0 Å². The predicted octanol–water partition coefficient (Wildman–Crippen LogP) is 3.57. The first-order chi connectivity index (χ1) is 10.4. The van der Waals surface area contributed by atoms with Gasteiger partial charge in [-0.1, -0.05) is 32.1 Å². The van der Waals surface area contributed by atoms with Gasteiger partial charge in [-0.25, -0.2) is 0 Å². The van der Waals surface area contributed by atoms with Crippen molar-refractivity contribution < 1.29 is 4.42 Å². The van der Waals surface area contributed by atoms with Gasteiger partial charge in [0.1, 0.15) is 5.76 Å². The highest BCUT2D eigenvalue weighted by molar-refractivity contribution is 14.0. The molecule has 0 spiro atoms. The highest BCUT2D eigenvalue weighted by Crippen LogP contribution is 2.44. The van der Waals surface area contributed by atoms with Crippen LogP contribution in [0.1, 0.15) is 44.3 Å².